The van der Waals surface area contributed by atoms with Gasteiger partial charge in [-0.3, -0.25) is 9.80 Å². The van der Waals surface area contributed by atoms with Crippen molar-refractivity contribution in [1.82, 2.24) is 9.80 Å². The van der Waals surface area contributed by atoms with Gasteiger partial charge in [-0.15, -0.1) is 0 Å². The Morgan fingerprint density at radius 3 is 2.43 bits per heavy atom. The number of piperidine rings is 1. The zero-order valence-electron chi connectivity index (χ0n) is 14.7. The molecule has 1 aromatic rings. The smallest absolute Gasteiger partial charge is 0.126 e. The van der Waals surface area contributed by atoms with Gasteiger partial charge in [-0.05, 0) is 75.9 Å². The maximum atomic E-state index is 6.67. The second-order valence-corrected chi connectivity index (χ2v) is 7.96. The third-order valence-electron chi connectivity index (χ3n) is 5.95. The highest BCUT2D eigenvalue weighted by Crippen LogP contribution is 2.38. The van der Waals surface area contributed by atoms with Crippen LogP contribution in [0.4, 0.5) is 0 Å². The van der Waals surface area contributed by atoms with Gasteiger partial charge in [-0.2, -0.15) is 0 Å². The van der Waals surface area contributed by atoms with Gasteiger partial charge in [0.05, 0.1) is 0 Å². The van der Waals surface area contributed by atoms with Gasteiger partial charge >= 0.3 is 0 Å². The van der Waals surface area contributed by atoms with Gasteiger partial charge in [0, 0.05) is 26.1 Å². The standard InChI is InChI=1S/C20H30N2O/c1-16-12-18(14-21-8-3-4-9-21)13-17(2)19(16)23-20-6-5-10-22(15-20)11-7-20/h12-13H,3-11,14-15H2,1-2H3. The first kappa shape index (κ1) is 15.5. The monoisotopic (exact) mass is 314 g/mol. The van der Waals surface area contributed by atoms with E-state index in [0.29, 0.717) is 0 Å². The van der Waals surface area contributed by atoms with Crippen molar-refractivity contribution in [1.29, 1.82) is 0 Å². The highest BCUT2D eigenvalue weighted by atomic mass is 16.5. The number of rotatable bonds is 4. The molecular weight excluding hydrogens is 284 g/mol. The van der Waals surface area contributed by atoms with Gasteiger partial charge in [0.15, 0.2) is 0 Å². The molecule has 0 radical (unpaired) electrons. The van der Waals surface area contributed by atoms with E-state index in [0.717, 1.165) is 18.8 Å². The van der Waals surface area contributed by atoms with E-state index in [9.17, 15) is 0 Å². The fraction of sp³-hybridized carbons (Fsp3) is 0.700. The van der Waals surface area contributed by atoms with Gasteiger partial charge in [0.2, 0.25) is 0 Å². The van der Waals surface area contributed by atoms with Crippen molar-refractivity contribution < 1.29 is 4.74 Å². The molecule has 0 aromatic heterocycles. The van der Waals surface area contributed by atoms with E-state index in [1.807, 2.05) is 0 Å². The number of likely N-dealkylation sites (tertiary alicyclic amines) is 1. The van der Waals surface area contributed by atoms with Crippen LogP contribution in [0.15, 0.2) is 12.1 Å². The third-order valence-corrected chi connectivity index (χ3v) is 5.95. The Morgan fingerprint density at radius 2 is 1.70 bits per heavy atom. The van der Waals surface area contributed by atoms with Gasteiger partial charge in [-0.1, -0.05) is 12.1 Å². The van der Waals surface area contributed by atoms with Crippen molar-refractivity contribution in [2.75, 3.05) is 32.7 Å². The maximum Gasteiger partial charge on any atom is 0.126 e. The molecule has 3 fully saturated rings. The molecule has 126 valence electrons. The summed E-state index contributed by atoms with van der Waals surface area (Å²) >= 11 is 0. The highest BCUT2D eigenvalue weighted by Gasteiger charge is 2.43. The fourth-order valence-electron chi connectivity index (χ4n) is 4.79. The zero-order chi connectivity index (χ0) is 15.9. The lowest BCUT2D eigenvalue weighted by molar-refractivity contribution is 0.0439. The summed E-state index contributed by atoms with van der Waals surface area (Å²) in [5, 5.41) is 0. The van der Waals surface area contributed by atoms with Gasteiger partial charge in [-0.25, -0.2) is 0 Å². The maximum absolute atomic E-state index is 6.67. The van der Waals surface area contributed by atoms with Crippen molar-refractivity contribution in [3.8, 4) is 5.75 Å². The lowest BCUT2D eigenvalue weighted by atomic mass is 9.94. The summed E-state index contributed by atoms with van der Waals surface area (Å²) in [5.41, 5.74) is 4.17. The Kier molecular flexibility index (Phi) is 4.10. The first-order valence-electron chi connectivity index (χ1n) is 9.37. The van der Waals surface area contributed by atoms with Crippen LogP contribution in [-0.4, -0.2) is 48.1 Å². The van der Waals surface area contributed by atoms with Gasteiger partial charge in [0.1, 0.15) is 11.4 Å². The molecule has 0 saturated carbocycles. The average Bonchev–Trinajstić information content (AvgIpc) is 3.12. The molecule has 3 aliphatic heterocycles. The molecule has 3 heterocycles. The first-order valence-corrected chi connectivity index (χ1v) is 9.37. The fourth-order valence-corrected chi connectivity index (χ4v) is 4.79. The van der Waals surface area contributed by atoms with Crippen LogP contribution in [0.3, 0.4) is 0 Å². The second kappa shape index (κ2) is 6.10. The molecule has 3 saturated heterocycles. The highest BCUT2D eigenvalue weighted by molar-refractivity contribution is 5.44. The minimum atomic E-state index is 0.0875. The number of benzene rings is 1. The van der Waals surface area contributed by atoms with Crippen LogP contribution >= 0.6 is 0 Å². The number of hydrogen-bond donors (Lipinski definition) is 0. The topological polar surface area (TPSA) is 15.7 Å². The molecule has 2 bridgehead atoms. The van der Waals surface area contributed by atoms with Crippen LogP contribution < -0.4 is 4.74 Å². The second-order valence-electron chi connectivity index (χ2n) is 7.96. The number of fused-ring (bicyclic) bond motifs is 2. The molecule has 3 heteroatoms. The van der Waals surface area contributed by atoms with Crippen molar-refractivity contribution >= 4 is 0 Å². The van der Waals surface area contributed by atoms with Crippen molar-refractivity contribution in [2.45, 2.75) is 58.1 Å². The van der Waals surface area contributed by atoms with Crippen LogP contribution in [0, 0.1) is 13.8 Å². The number of aryl methyl sites for hydroxylation is 2. The number of nitrogens with zero attached hydrogens (tertiary/aromatic N) is 2. The molecular formula is C20H30N2O. The summed E-state index contributed by atoms with van der Waals surface area (Å²) in [7, 11) is 0. The van der Waals surface area contributed by atoms with Gasteiger partial charge in [0.25, 0.3) is 0 Å². The van der Waals surface area contributed by atoms with E-state index >= 15 is 0 Å². The van der Waals surface area contributed by atoms with E-state index in [1.54, 1.807) is 0 Å². The Labute approximate surface area is 140 Å². The Morgan fingerprint density at radius 1 is 0.957 bits per heavy atom. The average molecular weight is 314 g/mol. The summed E-state index contributed by atoms with van der Waals surface area (Å²) in [6.45, 7) is 11.7. The molecule has 4 rings (SSSR count). The molecule has 23 heavy (non-hydrogen) atoms. The van der Waals surface area contributed by atoms with E-state index in [1.165, 1.54) is 75.0 Å². The summed E-state index contributed by atoms with van der Waals surface area (Å²) < 4.78 is 6.67. The Bertz CT molecular complexity index is 552. The Balaban J connectivity index is 1.52. The van der Waals surface area contributed by atoms with Crippen molar-refractivity contribution in [3.05, 3.63) is 28.8 Å². The van der Waals surface area contributed by atoms with Crippen LogP contribution in [0.1, 0.15) is 48.8 Å². The number of ether oxygens (including phenoxy) is 1. The van der Waals surface area contributed by atoms with Crippen molar-refractivity contribution in [2.24, 2.45) is 0 Å². The summed E-state index contributed by atoms with van der Waals surface area (Å²) in [6, 6.07) is 4.71. The largest absolute Gasteiger partial charge is 0.485 e. The summed E-state index contributed by atoms with van der Waals surface area (Å²) in [5.74, 6) is 1.15. The number of hydrogen-bond acceptors (Lipinski definition) is 3. The van der Waals surface area contributed by atoms with E-state index < -0.39 is 0 Å². The van der Waals surface area contributed by atoms with Gasteiger partial charge < -0.3 is 4.74 Å². The van der Waals surface area contributed by atoms with Crippen LogP contribution in [0.5, 0.6) is 5.75 Å². The first-order chi connectivity index (χ1) is 11.1. The molecule has 0 amide bonds. The zero-order valence-corrected chi connectivity index (χ0v) is 14.7. The lowest BCUT2D eigenvalue weighted by Crippen LogP contribution is -2.43. The molecule has 2 atom stereocenters. The normalized spacial score (nSPS) is 30.8. The minimum Gasteiger partial charge on any atom is -0.485 e. The van der Waals surface area contributed by atoms with E-state index in [4.69, 9.17) is 4.74 Å². The lowest BCUT2D eigenvalue weighted by Gasteiger charge is -2.35. The predicted molar refractivity (Wildman–Crippen MR) is 94.1 cm³/mol. The molecule has 3 aliphatic rings. The molecule has 0 N–H and O–H groups in total. The SMILES string of the molecule is Cc1cc(CN2CCCC2)cc(C)c1OC12CCCN(CC1)C2. The predicted octanol–water partition coefficient (Wildman–Crippen LogP) is 3.52. The van der Waals surface area contributed by atoms with E-state index in [-0.39, 0.29) is 5.60 Å². The molecule has 2 unspecified atom stereocenters. The molecule has 0 spiro atoms. The summed E-state index contributed by atoms with van der Waals surface area (Å²) in [4.78, 5) is 5.14. The van der Waals surface area contributed by atoms with Crippen LogP contribution in [-0.2, 0) is 6.54 Å². The minimum absolute atomic E-state index is 0.0875. The van der Waals surface area contributed by atoms with Crippen molar-refractivity contribution in [3.63, 3.8) is 0 Å². The van der Waals surface area contributed by atoms with E-state index in [2.05, 4.69) is 35.8 Å². The van der Waals surface area contributed by atoms with Crippen LogP contribution in [0.2, 0.25) is 0 Å². The summed E-state index contributed by atoms with van der Waals surface area (Å²) in [6.07, 6.45) is 6.42. The Hall–Kier alpha value is -1.06. The molecule has 3 nitrogen and oxygen atoms in total. The molecule has 0 aliphatic carbocycles. The third kappa shape index (κ3) is 3.14. The molecule has 1 aromatic carbocycles. The van der Waals surface area contributed by atoms with Crippen LogP contribution in [0.25, 0.3) is 0 Å². The quantitative estimate of drug-likeness (QED) is 0.846.